The number of carbonyl (C=O) groups is 1. The normalized spacial score (nSPS) is 11.3. The second-order valence-electron chi connectivity index (χ2n) is 7.20. The van der Waals surface area contributed by atoms with Crippen LogP contribution in [0.3, 0.4) is 0 Å². The smallest absolute Gasteiger partial charge is 0.355 e. The van der Waals surface area contributed by atoms with Crippen LogP contribution in [0.2, 0.25) is 0 Å². The van der Waals surface area contributed by atoms with Gasteiger partial charge < -0.3 is 14.1 Å². The standard InChI is InChI=1S/C25H21N3O2/c1-3-30-25(29)24-22(16(2)15-26-24)20-13-14-21-23(17-9-5-4-6-10-17)27-18-11-7-8-12-19(18)28(20)21/h4-15,26H,3H2,1-2H3. The van der Waals surface area contributed by atoms with E-state index in [-0.39, 0.29) is 5.97 Å². The molecular weight excluding hydrogens is 374 g/mol. The van der Waals surface area contributed by atoms with Crippen molar-refractivity contribution in [3.63, 3.8) is 0 Å². The lowest BCUT2D eigenvalue weighted by Gasteiger charge is -2.12. The van der Waals surface area contributed by atoms with E-state index in [2.05, 4.69) is 39.7 Å². The molecule has 30 heavy (non-hydrogen) atoms. The Kier molecular flexibility index (Phi) is 4.36. The van der Waals surface area contributed by atoms with Gasteiger partial charge in [-0.05, 0) is 43.7 Å². The number of nitrogens with one attached hydrogen (secondary N) is 1. The van der Waals surface area contributed by atoms with Gasteiger partial charge in [-0.25, -0.2) is 9.78 Å². The Morgan fingerprint density at radius 1 is 1.00 bits per heavy atom. The highest BCUT2D eigenvalue weighted by Crippen LogP contribution is 2.35. The first kappa shape index (κ1) is 18.2. The Bertz CT molecular complexity index is 1380. The van der Waals surface area contributed by atoms with Gasteiger partial charge in [0.15, 0.2) is 0 Å². The zero-order valence-electron chi connectivity index (χ0n) is 16.8. The van der Waals surface area contributed by atoms with Gasteiger partial charge >= 0.3 is 5.97 Å². The minimum absolute atomic E-state index is 0.330. The molecule has 0 unspecified atom stereocenters. The lowest BCUT2D eigenvalue weighted by molar-refractivity contribution is 0.0521. The maximum absolute atomic E-state index is 12.6. The van der Waals surface area contributed by atoms with Crippen molar-refractivity contribution in [2.45, 2.75) is 13.8 Å². The van der Waals surface area contributed by atoms with Crippen molar-refractivity contribution in [1.29, 1.82) is 0 Å². The Hall–Kier alpha value is -3.86. The highest BCUT2D eigenvalue weighted by Gasteiger charge is 2.22. The molecule has 0 spiro atoms. The van der Waals surface area contributed by atoms with E-state index in [9.17, 15) is 4.79 Å². The molecule has 148 valence electrons. The second-order valence-corrected chi connectivity index (χ2v) is 7.20. The topological polar surface area (TPSA) is 59.4 Å². The van der Waals surface area contributed by atoms with E-state index in [1.54, 1.807) is 0 Å². The zero-order chi connectivity index (χ0) is 20.7. The number of hydrogen-bond donors (Lipinski definition) is 1. The summed E-state index contributed by atoms with van der Waals surface area (Å²) in [6, 6.07) is 22.3. The van der Waals surface area contributed by atoms with Crippen molar-refractivity contribution in [3.05, 3.63) is 84.2 Å². The van der Waals surface area contributed by atoms with Gasteiger partial charge in [-0.2, -0.15) is 0 Å². The van der Waals surface area contributed by atoms with Gasteiger partial charge in [-0.1, -0.05) is 42.5 Å². The van der Waals surface area contributed by atoms with E-state index in [1.165, 1.54) is 0 Å². The van der Waals surface area contributed by atoms with Crippen LogP contribution in [0.4, 0.5) is 0 Å². The molecule has 0 saturated carbocycles. The zero-order valence-corrected chi connectivity index (χ0v) is 16.8. The molecule has 0 atom stereocenters. The maximum Gasteiger partial charge on any atom is 0.355 e. The SMILES string of the molecule is CCOC(=O)c1[nH]cc(C)c1-c1ccc2c(-c3ccccc3)nc3ccccc3n12. The molecule has 3 aromatic heterocycles. The van der Waals surface area contributed by atoms with Gasteiger partial charge in [0.25, 0.3) is 0 Å². The fraction of sp³-hybridized carbons (Fsp3) is 0.120. The number of aromatic amines is 1. The molecule has 5 rings (SSSR count). The summed E-state index contributed by atoms with van der Waals surface area (Å²) in [6.45, 7) is 4.14. The largest absolute Gasteiger partial charge is 0.461 e. The number of rotatable bonds is 4. The number of para-hydroxylation sites is 2. The highest BCUT2D eigenvalue weighted by atomic mass is 16.5. The molecule has 5 nitrogen and oxygen atoms in total. The monoisotopic (exact) mass is 395 g/mol. The molecular formula is C25H21N3O2. The first-order chi connectivity index (χ1) is 14.7. The minimum Gasteiger partial charge on any atom is -0.461 e. The van der Waals surface area contributed by atoms with Crippen LogP contribution >= 0.6 is 0 Å². The first-order valence-corrected chi connectivity index (χ1v) is 10.00. The van der Waals surface area contributed by atoms with E-state index < -0.39 is 0 Å². The number of aromatic nitrogens is 3. The van der Waals surface area contributed by atoms with Crippen LogP contribution in [0, 0.1) is 6.92 Å². The summed E-state index contributed by atoms with van der Waals surface area (Å²) in [5.41, 5.74) is 8.07. The first-order valence-electron chi connectivity index (χ1n) is 10.00. The molecule has 0 bridgehead atoms. The van der Waals surface area contributed by atoms with Crippen LogP contribution in [0.1, 0.15) is 23.0 Å². The maximum atomic E-state index is 12.6. The third kappa shape index (κ3) is 2.78. The summed E-state index contributed by atoms with van der Waals surface area (Å²) < 4.78 is 7.46. The summed E-state index contributed by atoms with van der Waals surface area (Å²) in [4.78, 5) is 20.6. The Labute approximate surface area is 174 Å². The molecule has 5 aromatic rings. The predicted molar refractivity (Wildman–Crippen MR) is 119 cm³/mol. The number of benzene rings is 2. The summed E-state index contributed by atoms with van der Waals surface area (Å²) in [7, 11) is 0. The number of aryl methyl sites for hydroxylation is 1. The number of fused-ring (bicyclic) bond motifs is 3. The molecule has 0 amide bonds. The lowest BCUT2D eigenvalue weighted by Crippen LogP contribution is -2.07. The van der Waals surface area contributed by atoms with Gasteiger partial charge in [-0.15, -0.1) is 0 Å². The van der Waals surface area contributed by atoms with Crippen molar-refractivity contribution >= 4 is 22.5 Å². The molecule has 2 aromatic carbocycles. The summed E-state index contributed by atoms with van der Waals surface area (Å²) >= 11 is 0. The van der Waals surface area contributed by atoms with Crippen LogP contribution in [-0.2, 0) is 4.74 Å². The van der Waals surface area contributed by atoms with E-state index >= 15 is 0 Å². The van der Waals surface area contributed by atoms with E-state index in [0.29, 0.717) is 12.3 Å². The van der Waals surface area contributed by atoms with Crippen molar-refractivity contribution in [2.24, 2.45) is 0 Å². The molecule has 5 heteroatoms. The van der Waals surface area contributed by atoms with Crippen LogP contribution < -0.4 is 0 Å². The number of nitrogens with zero attached hydrogens (tertiary/aromatic N) is 2. The highest BCUT2D eigenvalue weighted by molar-refractivity contribution is 5.98. The number of carbonyl (C=O) groups excluding carboxylic acids is 1. The predicted octanol–water partition coefficient (Wildman–Crippen LogP) is 5.63. The molecule has 0 saturated heterocycles. The van der Waals surface area contributed by atoms with Crippen LogP contribution in [-0.4, -0.2) is 26.9 Å². The second kappa shape index (κ2) is 7.19. The van der Waals surface area contributed by atoms with Crippen molar-refractivity contribution in [2.75, 3.05) is 6.61 Å². The molecule has 0 aliphatic heterocycles. The summed E-state index contributed by atoms with van der Waals surface area (Å²) in [5, 5.41) is 0. The van der Waals surface area contributed by atoms with Gasteiger partial charge in [-0.3, -0.25) is 0 Å². The van der Waals surface area contributed by atoms with Gasteiger partial charge in [0.05, 0.1) is 34.5 Å². The Balaban J connectivity index is 1.86. The van der Waals surface area contributed by atoms with Gasteiger partial charge in [0.1, 0.15) is 5.69 Å². The van der Waals surface area contributed by atoms with Crippen LogP contribution in [0.25, 0.3) is 39.1 Å². The van der Waals surface area contributed by atoms with Gasteiger partial charge in [0.2, 0.25) is 0 Å². The van der Waals surface area contributed by atoms with Crippen LogP contribution in [0.5, 0.6) is 0 Å². The van der Waals surface area contributed by atoms with E-state index in [0.717, 1.165) is 44.6 Å². The summed E-state index contributed by atoms with van der Waals surface area (Å²) in [5.74, 6) is -0.350. The quantitative estimate of drug-likeness (QED) is 0.401. The number of esters is 1. The van der Waals surface area contributed by atoms with Crippen molar-refractivity contribution in [1.82, 2.24) is 14.4 Å². The average molecular weight is 395 g/mol. The molecule has 0 radical (unpaired) electrons. The summed E-state index contributed by atoms with van der Waals surface area (Å²) in [6.07, 6.45) is 1.85. The van der Waals surface area contributed by atoms with Crippen LogP contribution in [0.15, 0.2) is 72.9 Å². The number of H-pyrrole nitrogens is 1. The minimum atomic E-state index is -0.350. The lowest BCUT2D eigenvalue weighted by atomic mass is 10.1. The number of ether oxygens (including phenoxy) is 1. The Morgan fingerprint density at radius 2 is 1.77 bits per heavy atom. The van der Waals surface area contributed by atoms with Crippen molar-refractivity contribution < 1.29 is 9.53 Å². The molecule has 1 N–H and O–H groups in total. The fourth-order valence-corrected chi connectivity index (χ4v) is 4.03. The number of hydrogen-bond acceptors (Lipinski definition) is 3. The van der Waals surface area contributed by atoms with Gasteiger partial charge in [0, 0.05) is 17.3 Å². The van der Waals surface area contributed by atoms with Crippen molar-refractivity contribution in [3.8, 4) is 22.5 Å². The van der Waals surface area contributed by atoms with E-state index in [4.69, 9.17) is 9.72 Å². The fourth-order valence-electron chi connectivity index (χ4n) is 4.03. The third-order valence-corrected chi connectivity index (χ3v) is 5.34. The Morgan fingerprint density at radius 3 is 2.57 bits per heavy atom. The van der Waals surface area contributed by atoms with E-state index in [1.807, 2.05) is 56.4 Å². The third-order valence-electron chi connectivity index (χ3n) is 5.34. The molecule has 3 heterocycles. The molecule has 0 aliphatic rings. The molecule has 0 aliphatic carbocycles. The average Bonchev–Trinajstić information content (AvgIpc) is 3.37. The molecule has 0 fully saturated rings.